The number of hydrogen-bond acceptors (Lipinski definition) is 7. The van der Waals surface area contributed by atoms with Crippen LogP contribution in [0.2, 0.25) is 0 Å². The highest BCUT2D eigenvalue weighted by molar-refractivity contribution is 7.96. The molecule has 0 aromatic heterocycles. The maximum absolute atomic E-state index is 12.6. The molecule has 0 saturated heterocycles. The van der Waals surface area contributed by atoms with Gasteiger partial charge in [0, 0.05) is 0 Å². The molecular formula is C18H35N5O5S. The van der Waals surface area contributed by atoms with Crippen molar-refractivity contribution in [1.29, 1.82) is 0 Å². The molecule has 0 fully saturated rings. The highest BCUT2D eigenvalue weighted by Crippen LogP contribution is 2.08. The van der Waals surface area contributed by atoms with Gasteiger partial charge in [-0.05, 0) is 45.1 Å². The maximum atomic E-state index is 12.6. The fraction of sp³-hybridized carbons (Fsp3) is 0.778. The number of nitrogens with one attached hydrogen (secondary N) is 3. The molecule has 10 nitrogen and oxygen atoms in total. The molecule has 29 heavy (non-hydrogen) atoms. The molecule has 0 aromatic rings. The van der Waals surface area contributed by atoms with E-state index >= 15 is 0 Å². The van der Waals surface area contributed by atoms with E-state index in [0.717, 1.165) is 0 Å². The predicted molar refractivity (Wildman–Crippen MR) is 113 cm³/mol. The summed E-state index contributed by atoms with van der Waals surface area (Å²) >= 11 is 3.80. The van der Waals surface area contributed by atoms with Gasteiger partial charge in [-0.2, -0.15) is 0 Å². The third-order valence-electron chi connectivity index (χ3n) is 4.19. The molecule has 0 unspecified atom stereocenters. The first-order valence-corrected chi connectivity index (χ1v) is 10.2. The number of rotatable bonds is 14. The maximum Gasteiger partial charge on any atom is 0.243 e. The minimum Gasteiger partial charge on any atom is -0.394 e. The third kappa shape index (κ3) is 11.2. The minimum atomic E-state index is -1.15. The molecular weight excluding hydrogens is 398 g/mol. The van der Waals surface area contributed by atoms with Crippen molar-refractivity contribution in [2.45, 2.75) is 70.6 Å². The zero-order chi connectivity index (χ0) is 22.6. The highest BCUT2D eigenvalue weighted by Gasteiger charge is 2.27. The first kappa shape index (κ1) is 27.3. The first-order valence-electron chi connectivity index (χ1n) is 9.73. The summed E-state index contributed by atoms with van der Waals surface area (Å²) in [6.45, 7) is 5.17. The summed E-state index contributed by atoms with van der Waals surface area (Å²) in [4.78, 5) is 48.5. The Balaban J connectivity index is 4.98. The molecule has 0 aliphatic carbocycles. The van der Waals surface area contributed by atoms with Crippen molar-refractivity contribution in [2.75, 3.05) is 13.2 Å². The van der Waals surface area contributed by atoms with E-state index in [1.807, 2.05) is 13.8 Å². The van der Waals surface area contributed by atoms with Gasteiger partial charge in [0.05, 0.1) is 12.6 Å². The van der Waals surface area contributed by atoms with Crippen molar-refractivity contribution < 1.29 is 24.3 Å². The van der Waals surface area contributed by atoms with Gasteiger partial charge in [0.25, 0.3) is 0 Å². The number of nitrogens with two attached hydrogens (primary N) is 2. The zero-order valence-corrected chi connectivity index (χ0v) is 18.2. The number of unbranched alkanes of at least 4 members (excludes halogenated alkanes) is 1. The van der Waals surface area contributed by atoms with E-state index in [9.17, 15) is 19.2 Å². The largest absolute Gasteiger partial charge is 0.394 e. The van der Waals surface area contributed by atoms with Crippen molar-refractivity contribution in [3.8, 4) is 0 Å². The third-order valence-corrected chi connectivity index (χ3v) is 4.50. The van der Waals surface area contributed by atoms with E-state index in [0.29, 0.717) is 32.2 Å². The van der Waals surface area contributed by atoms with Crippen molar-refractivity contribution >= 4 is 35.5 Å². The standard InChI is InChI=1S/C18H35N5O5S/c1-10(2)8-14(18(28)29)23-15(25)11(3)21-17(27)13(6-4-5-7-19)22-16(26)12(20)9-24/h10-14,24H,4-9,19-20H2,1-3H3,(H,21,27)(H,22,26)(H,23,25)(H,28,29)/t11-,12-,13-,14-/m0/s1. The number of aliphatic hydroxyl groups excluding tert-OH is 1. The Bertz CT molecular complexity index is 561. The second-order valence-electron chi connectivity index (χ2n) is 7.39. The second kappa shape index (κ2) is 14.3. The topological polar surface area (TPSA) is 177 Å². The van der Waals surface area contributed by atoms with Crippen LogP contribution in [-0.4, -0.2) is 65.3 Å². The predicted octanol–water partition coefficient (Wildman–Crippen LogP) is -1.59. The number of amides is 3. The number of carbonyl (C=O) groups excluding carboxylic acids is 4. The number of aliphatic hydroxyl groups is 1. The molecule has 0 saturated carbocycles. The lowest BCUT2D eigenvalue weighted by atomic mass is 10.0. The highest BCUT2D eigenvalue weighted by atomic mass is 32.1. The van der Waals surface area contributed by atoms with Gasteiger partial charge in [-0.3, -0.25) is 19.2 Å². The molecule has 8 N–H and O–H groups in total. The summed E-state index contributed by atoms with van der Waals surface area (Å²) in [6, 6.07) is -3.78. The zero-order valence-electron chi connectivity index (χ0n) is 17.3. The van der Waals surface area contributed by atoms with Crippen LogP contribution >= 0.6 is 12.6 Å². The van der Waals surface area contributed by atoms with Gasteiger partial charge in [0.15, 0.2) is 0 Å². The van der Waals surface area contributed by atoms with E-state index in [4.69, 9.17) is 16.6 Å². The monoisotopic (exact) mass is 433 g/mol. The lowest BCUT2D eigenvalue weighted by Gasteiger charge is -2.24. The molecule has 3 amide bonds. The molecule has 0 radical (unpaired) electrons. The van der Waals surface area contributed by atoms with Crippen LogP contribution in [0.15, 0.2) is 0 Å². The summed E-state index contributed by atoms with van der Waals surface area (Å²) in [7, 11) is 0. The smallest absolute Gasteiger partial charge is 0.243 e. The van der Waals surface area contributed by atoms with Crippen LogP contribution in [0.5, 0.6) is 0 Å². The molecule has 0 spiro atoms. The number of carbonyl (C=O) groups is 4. The summed E-state index contributed by atoms with van der Waals surface area (Å²) in [5, 5.41) is 16.1. The van der Waals surface area contributed by atoms with Crippen LogP contribution in [0, 0.1) is 5.92 Å². The molecule has 0 aliphatic heterocycles. The molecule has 4 atom stereocenters. The average Bonchev–Trinajstić information content (AvgIpc) is 2.65. The van der Waals surface area contributed by atoms with Crippen LogP contribution in [0.25, 0.3) is 0 Å². The Morgan fingerprint density at radius 1 is 0.931 bits per heavy atom. The Hall–Kier alpha value is -1.69. The van der Waals surface area contributed by atoms with Crippen molar-refractivity contribution in [2.24, 2.45) is 17.4 Å². The van der Waals surface area contributed by atoms with Crippen molar-refractivity contribution in [3.05, 3.63) is 0 Å². The van der Waals surface area contributed by atoms with E-state index in [-0.39, 0.29) is 5.92 Å². The summed E-state index contributed by atoms with van der Waals surface area (Å²) in [5.74, 6) is -1.61. The van der Waals surface area contributed by atoms with Gasteiger partial charge >= 0.3 is 0 Å². The van der Waals surface area contributed by atoms with Crippen molar-refractivity contribution in [3.63, 3.8) is 0 Å². The van der Waals surface area contributed by atoms with Crippen LogP contribution in [0.1, 0.15) is 46.5 Å². The van der Waals surface area contributed by atoms with Crippen molar-refractivity contribution in [1.82, 2.24) is 16.0 Å². The molecule has 168 valence electrons. The van der Waals surface area contributed by atoms with Gasteiger partial charge < -0.3 is 32.5 Å². The Morgan fingerprint density at radius 3 is 2.00 bits per heavy atom. The van der Waals surface area contributed by atoms with E-state index in [2.05, 4.69) is 28.6 Å². The molecule has 0 bridgehead atoms. The fourth-order valence-corrected chi connectivity index (χ4v) is 2.66. The molecule has 0 heterocycles. The van der Waals surface area contributed by atoms with E-state index < -0.39 is 53.6 Å². The molecule has 0 rings (SSSR count). The van der Waals surface area contributed by atoms with Crippen LogP contribution < -0.4 is 27.4 Å². The first-order chi connectivity index (χ1) is 13.5. The van der Waals surface area contributed by atoms with E-state index in [1.165, 1.54) is 6.92 Å². The Morgan fingerprint density at radius 2 is 1.52 bits per heavy atom. The van der Waals surface area contributed by atoms with Gasteiger partial charge in [-0.1, -0.05) is 13.8 Å². The quantitative estimate of drug-likeness (QED) is 0.128. The average molecular weight is 434 g/mol. The lowest BCUT2D eigenvalue weighted by Crippen LogP contribution is -2.56. The van der Waals surface area contributed by atoms with Crippen LogP contribution in [0.4, 0.5) is 0 Å². The lowest BCUT2D eigenvalue weighted by molar-refractivity contribution is -0.133. The number of hydrogen-bond donors (Lipinski definition) is 7. The SMILES string of the molecule is CC(C)C[C@H](NC(=O)[C@H](C)NC(=O)[C@H](CCCCN)NC(=O)[C@@H](N)CO)C(=O)S. The second-order valence-corrected chi connectivity index (χ2v) is 7.83. The minimum absolute atomic E-state index is 0.166. The normalized spacial score (nSPS) is 15.2. The summed E-state index contributed by atoms with van der Waals surface area (Å²) in [6.07, 6.45) is 1.95. The van der Waals surface area contributed by atoms with Gasteiger partial charge in [-0.15, -0.1) is 12.6 Å². The Kier molecular flexibility index (Phi) is 13.5. The fourth-order valence-electron chi connectivity index (χ4n) is 2.49. The summed E-state index contributed by atoms with van der Waals surface area (Å²) < 4.78 is 0. The summed E-state index contributed by atoms with van der Waals surface area (Å²) in [5.41, 5.74) is 10.9. The van der Waals surface area contributed by atoms with Gasteiger partial charge in [-0.25, -0.2) is 0 Å². The molecule has 11 heteroatoms. The van der Waals surface area contributed by atoms with Gasteiger partial charge in [0.1, 0.15) is 18.1 Å². The van der Waals surface area contributed by atoms with E-state index in [1.54, 1.807) is 0 Å². The Labute approximate surface area is 177 Å². The number of thiol groups is 1. The molecule has 0 aromatic carbocycles. The van der Waals surface area contributed by atoms with Gasteiger partial charge in [0.2, 0.25) is 22.8 Å². The molecule has 0 aliphatic rings. The van der Waals surface area contributed by atoms with Crippen LogP contribution in [0.3, 0.4) is 0 Å². The van der Waals surface area contributed by atoms with Crippen LogP contribution in [-0.2, 0) is 19.2 Å².